The summed E-state index contributed by atoms with van der Waals surface area (Å²) in [7, 11) is 1.62. The van der Waals surface area contributed by atoms with Crippen molar-refractivity contribution in [3.63, 3.8) is 0 Å². The van der Waals surface area contributed by atoms with E-state index in [-0.39, 0.29) is 5.56 Å². The molecule has 5 heteroatoms. The van der Waals surface area contributed by atoms with Gasteiger partial charge in [-0.2, -0.15) is 5.10 Å². The minimum absolute atomic E-state index is 0.246. The molecule has 0 atom stereocenters. The summed E-state index contributed by atoms with van der Waals surface area (Å²) in [5, 5.41) is 4.25. The fourth-order valence-electron chi connectivity index (χ4n) is 2.68. The molecule has 23 heavy (non-hydrogen) atoms. The van der Waals surface area contributed by atoms with E-state index < -0.39 is 11.7 Å². The van der Waals surface area contributed by atoms with E-state index in [0.717, 1.165) is 36.3 Å². The van der Waals surface area contributed by atoms with Gasteiger partial charge in [0.25, 0.3) is 5.91 Å². The molecule has 1 aliphatic rings. The molecular formula is C18H17FN2O2. The number of aryl methyl sites for hydroxylation is 1. The summed E-state index contributed by atoms with van der Waals surface area (Å²) in [6.07, 6.45) is 2.74. The molecule has 0 unspecified atom stereocenters. The number of benzene rings is 2. The van der Waals surface area contributed by atoms with Gasteiger partial charge in [0.05, 0.1) is 12.8 Å². The Hall–Kier alpha value is -2.69. The van der Waals surface area contributed by atoms with Crippen LogP contribution in [-0.2, 0) is 6.42 Å². The van der Waals surface area contributed by atoms with Crippen LogP contribution in [0.25, 0.3) is 0 Å². The number of carbonyl (C=O) groups excluding carboxylic acids is 1. The molecule has 0 aliphatic heterocycles. The number of ether oxygens (including phenoxy) is 1. The number of nitrogens with one attached hydrogen (secondary N) is 1. The van der Waals surface area contributed by atoms with Gasteiger partial charge in [-0.3, -0.25) is 4.79 Å². The van der Waals surface area contributed by atoms with Gasteiger partial charge in [-0.1, -0.05) is 12.1 Å². The van der Waals surface area contributed by atoms with E-state index in [2.05, 4.69) is 10.5 Å². The third-order valence-corrected chi connectivity index (χ3v) is 3.87. The van der Waals surface area contributed by atoms with Crippen LogP contribution in [0.5, 0.6) is 5.75 Å². The van der Waals surface area contributed by atoms with Gasteiger partial charge >= 0.3 is 0 Å². The summed E-state index contributed by atoms with van der Waals surface area (Å²) in [6.45, 7) is 0. The van der Waals surface area contributed by atoms with Gasteiger partial charge in [0.15, 0.2) is 0 Å². The second-order valence-corrected chi connectivity index (χ2v) is 5.39. The van der Waals surface area contributed by atoms with Crippen molar-refractivity contribution in [3.05, 3.63) is 65.0 Å². The molecule has 1 N–H and O–H groups in total. The molecule has 0 heterocycles. The van der Waals surface area contributed by atoms with E-state index in [1.165, 1.54) is 23.8 Å². The molecule has 0 radical (unpaired) electrons. The van der Waals surface area contributed by atoms with Crippen molar-refractivity contribution in [2.45, 2.75) is 19.3 Å². The zero-order valence-electron chi connectivity index (χ0n) is 12.8. The zero-order valence-corrected chi connectivity index (χ0v) is 12.8. The van der Waals surface area contributed by atoms with Gasteiger partial charge < -0.3 is 4.74 Å². The fraction of sp³-hybridized carbons (Fsp3) is 0.222. The second kappa shape index (κ2) is 6.60. The van der Waals surface area contributed by atoms with Crippen LogP contribution in [0.3, 0.4) is 0 Å². The van der Waals surface area contributed by atoms with Crippen molar-refractivity contribution in [1.29, 1.82) is 0 Å². The van der Waals surface area contributed by atoms with Crippen LogP contribution in [0.4, 0.5) is 4.39 Å². The predicted octanol–water partition coefficient (Wildman–Crippen LogP) is 3.30. The van der Waals surface area contributed by atoms with Crippen LogP contribution >= 0.6 is 0 Å². The first kappa shape index (κ1) is 15.2. The highest BCUT2D eigenvalue weighted by Gasteiger charge is 2.17. The molecule has 0 spiro atoms. The Kier molecular flexibility index (Phi) is 4.37. The molecule has 0 bridgehead atoms. The Morgan fingerprint density at radius 2 is 2.09 bits per heavy atom. The number of carbonyl (C=O) groups is 1. The summed E-state index contributed by atoms with van der Waals surface area (Å²) < 4.78 is 18.4. The molecule has 0 saturated heterocycles. The van der Waals surface area contributed by atoms with E-state index in [1.54, 1.807) is 13.2 Å². The maximum atomic E-state index is 13.2. The lowest BCUT2D eigenvalue weighted by Gasteiger charge is -2.18. The average Bonchev–Trinajstić information content (AvgIpc) is 2.59. The first-order valence-corrected chi connectivity index (χ1v) is 7.47. The normalized spacial score (nSPS) is 15.1. The predicted molar refractivity (Wildman–Crippen MR) is 86.3 cm³/mol. The summed E-state index contributed by atoms with van der Waals surface area (Å²) in [6, 6.07) is 11.4. The molecule has 0 fully saturated rings. The number of hydrogen-bond donors (Lipinski definition) is 1. The molecule has 2 aromatic carbocycles. The highest BCUT2D eigenvalue weighted by atomic mass is 19.1. The number of halogens is 1. The molecule has 1 aliphatic carbocycles. The summed E-state index contributed by atoms with van der Waals surface area (Å²) >= 11 is 0. The number of amides is 1. The van der Waals surface area contributed by atoms with E-state index in [0.29, 0.717) is 0 Å². The minimum atomic E-state index is -0.446. The van der Waals surface area contributed by atoms with Gasteiger partial charge in [0.2, 0.25) is 0 Å². The topological polar surface area (TPSA) is 50.7 Å². The zero-order chi connectivity index (χ0) is 16.2. The highest BCUT2D eigenvalue weighted by molar-refractivity contribution is 6.04. The Morgan fingerprint density at radius 3 is 2.87 bits per heavy atom. The van der Waals surface area contributed by atoms with E-state index in [9.17, 15) is 9.18 Å². The van der Waals surface area contributed by atoms with Crippen LogP contribution in [-0.4, -0.2) is 18.7 Å². The summed E-state index contributed by atoms with van der Waals surface area (Å²) in [4.78, 5) is 12.1. The van der Waals surface area contributed by atoms with Crippen LogP contribution in [0.2, 0.25) is 0 Å². The largest absolute Gasteiger partial charge is 0.497 e. The number of hydrazone groups is 1. The van der Waals surface area contributed by atoms with E-state index >= 15 is 0 Å². The van der Waals surface area contributed by atoms with Gasteiger partial charge in [-0.15, -0.1) is 0 Å². The van der Waals surface area contributed by atoms with E-state index in [1.807, 2.05) is 18.2 Å². The lowest BCUT2D eigenvalue weighted by Crippen LogP contribution is -2.22. The Morgan fingerprint density at radius 1 is 1.22 bits per heavy atom. The van der Waals surface area contributed by atoms with Crippen molar-refractivity contribution in [3.8, 4) is 5.75 Å². The van der Waals surface area contributed by atoms with Gasteiger partial charge in [-0.05, 0) is 55.2 Å². The molecule has 0 saturated carbocycles. The SMILES string of the molecule is COc1ccc2c(c1)/C(=N/NC(=O)c1cccc(F)c1)CCC2. The van der Waals surface area contributed by atoms with Crippen LogP contribution in [0.1, 0.15) is 34.3 Å². The van der Waals surface area contributed by atoms with Crippen molar-refractivity contribution < 1.29 is 13.9 Å². The van der Waals surface area contributed by atoms with Crippen molar-refractivity contribution >= 4 is 11.6 Å². The minimum Gasteiger partial charge on any atom is -0.497 e. The number of fused-ring (bicyclic) bond motifs is 1. The molecule has 3 rings (SSSR count). The van der Waals surface area contributed by atoms with Crippen LogP contribution < -0.4 is 10.2 Å². The maximum Gasteiger partial charge on any atom is 0.271 e. The molecule has 4 nitrogen and oxygen atoms in total. The Labute approximate surface area is 134 Å². The van der Waals surface area contributed by atoms with Crippen molar-refractivity contribution in [2.24, 2.45) is 5.10 Å². The van der Waals surface area contributed by atoms with Gasteiger partial charge in [0, 0.05) is 11.1 Å². The number of rotatable bonds is 3. The second-order valence-electron chi connectivity index (χ2n) is 5.39. The Balaban J connectivity index is 1.83. The number of nitrogens with zero attached hydrogens (tertiary/aromatic N) is 1. The average molecular weight is 312 g/mol. The standard InChI is InChI=1S/C18H17FN2O2/c1-23-15-9-8-12-4-3-7-17(16(12)11-15)20-21-18(22)13-5-2-6-14(19)10-13/h2,5-6,8-11H,3-4,7H2,1H3,(H,21,22)/b20-17+. The quantitative estimate of drug-likeness (QED) is 0.884. The smallest absolute Gasteiger partial charge is 0.271 e. The van der Waals surface area contributed by atoms with Crippen LogP contribution in [0.15, 0.2) is 47.6 Å². The number of methoxy groups -OCH3 is 1. The third-order valence-electron chi connectivity index (χ3n) is 3.87. The molecule has 0 aromatic heterocycles. The molecule has 2 aromatic rings. The van der Waals surface area contributed by atoms with Crippen molar-refractivity contribution in [1.82, 2.24) is 5.43 Å². The van der Waals surface area contributed by atoms with Crippen LogP contribution in [0, 0.1) is 5.82 Å². The molecular weight excluding hydrogens is 295 g/mol. The lowest BCUT2D eigenvalue weighted by molar-refractivity contribution is 0.0954. The molecule has 118 valence electrons. The number of hydrogen-bond acceptors (Lipinski definition) is 3. The van der Waals surface area contributed by atoms with Crippen molar-refractivity contribution in [2.75, 3.05) is 7.11 Å². The maximum absolute atomic E-state index is 13.2. The van der Waals surface area contributed by atoms with Gasteiger partial charge in [0.1, 0.15) is 11.6 Å². The fourth-order valence-corrected chi connectivity index (χ4v) is 2.68. The summed E-state index contributed by atoms with van der Waals surface area (Å²) in [5.74, 6) is -0.111. The first-order chi connectivity index (χ1) is 11.2. The Bertz CT molecular complexity index is 771. The highest BCUT2D eigenvalue weighted by Crippen LogP contribution is 2.25. The molecule has 1 amide bonds. The first-order valence-electron chi connectivity index (χ1n) is 7.47. The lowest BCUT2D eigenvalue weighted by atomic mass is 9.90. The van der Waals surface area contributed by atoms with Gasteiger partial charge in [-0.25, -0.2) is 9.82 Å². The monoisotopic (exact) mass is 312 g/mol. The third kappa shape index (κ3) is 3.39. The van der Waals surface area contributed by atoms with E-state index in [4.69, 9.17) is 4.74 Å². The summed E-state index contributed by atoms with van der Waals surface area (Å²) in [5.41, 5.74) is 5.76.